The summed E-state index contributed by atoms with van der Waals surface area (Å²) in [6, 6.07) is 11.6. The fourth-order valence-corrected chi connectivity index (χ4v) is 3.29. The Morgan fingerprint density at radius 3 is 2.49 bits per heavy atom. The van der Waals surface area contributed by atoms with Gasteiger partial charge in [0, 0.05) is 5.41 Å². The van der Waals surface area contributed by atoms with E-state index in [1.165, 1.54) is 31.3 Å². The molecule has 0 aliphatic rings. The van der Waals surface area contributed by atoms with Crippen LogP contribution >= 0.6 is 0 Å². The largest absolute Gasteiger partial charge is 0.496 e. The summed E-state index contributed by atoms with van der Waals surface area (Å²) in [7, 11) is 2.94. The summed E-state index contributed by atoms with van der Waals surface area (Å²) in [5.41, 5.74) is 0.286. The van der Waals surface area contributed by atoms with Crippen molar-refractivity contribution in [3.05, 3.63) is 76.0 Å². The second-order valence-corrected chi connectivity index (χ2v) is 8.54. The molecular weight excluding hydrogens is 452 g/mol. The molecule has 0 saturated heterocycles. The van der Waals surface area contributed by atoms with Gasteiger partial charge in [0.1, 0.15) is 23.3 Å². The van der Waals surface area contributed by atoms with E-state index in [1.807, 2.05) is 20.8 Å². The van der Waals surface area contributed by atoms with Crippen molar-refractivity contribution in [2.24, 2.45) is 5.10 Å². The minimum absolute atomic E-state index is 0.175. The molecule has 4 rings (SSSR count). The van der Waals surface area contributed by atoms with Crippen molar-refractivity contribution in [2.45, 2.75) is 26.2 Å². The first-order valence-electron chi connectivity index (χ1n) is 10.6. The van der Waals surface area contributed by atoms with Gasteiger partial charge in [-0.2, -0.15) is 19.4 Å². The molecule has 4 aromatic rings. The third-order valence-corrected chi connectivity index (χ3v) is 5.06. The first kappa shape index (κ1) is 23.6. The highest BCUT2D eigenvalue weighted by Crippen LogP contribution is 2.29. The van der Waals surface area contributed by atoms with Crippen molar-refractivity contribution in [3.63, 3.8) is 0 Å². The molecule has 0 fully saturated rings. The maximum Gasteiger partial charge on any atom is 0.347 e. The number of aromatic nitrogens is 5. The Morgan fingerprint density at radius 1 is 1.03 bits per heavy atom. The van der Waals surface area contributed by atoms with Crippen molar-refractivity contribution in [2.75, 3.05) is 14.2 Å². The number of nitrogens with zero attached hydrogens (tertiary/aromatic N) is 6. The Morgan fingerprint density at radius 2 is 1.77 bits per heavy atom. The van der Waals surface area contributed by atoms with Crippen LogP contribution in [-0.4, -0.2) is 50.9 Å². The zero-order valence-electron chi connectivity index (χ0n) is 19.9. The van der Waals surface area contributed by atoms with Crippen molar-refractivity contribution >= 4 is 18.0 Å². The number of hydrogen-bond donors (Lipinski definition) is 0. The average Bonchev–Trinajstić information content (AvgIpc) is 3.31. The Balaban J connectivity index is 1.66. The molecule has 11 heteroatoms. The predicted octanol–water partition coefficient (Wildman–Crippen LogP) is 2.70. The molecule has 2 heterocycles. The van der Waals surface area contributed by atoms with Crippen molar-refractivity contribution in [3.8, 4) is 17.2 Å². The third-order valence-electron chi connectivity index (χ3n) is 5.06. The van der Waals surface area contributed by atoms with Crippen molar-refractivity contribution in [1.82, 2.24) is 24.5 Å². The van der Waals surface area contributed by atoms with Crippen LogP contribution in [0.25, 0.3) is 5.78 Å². The van der Waals surface area contributed by atoms with Crippen LogP contribution in [0.4, 0.5) is 0 Å². The quantitative estimate of drug-likeness (QED) is 0.237. The standard InChI is InChI=1S/C24H24N6O5/c1-24(2,3)20-21(31)30(23-27-25-14-29(23)28-20)26-13-15-10-11-18(19(12-15)34-5)35-22(32)16-8-6-7-9-17(16)33-4/h6-14H,1-5H3/b26-13+. The molecule has 2 aromatic heterocycles. The summed E-state index contributed by atoms with van der Waals surface area (Å²) in [5.74, 6) is 0.513. The topological polar surface area (TPSA) is 122 Å². The molecule has 0 bridgehead atoms. The minimum atomic E-state index is -0.589. The Hall–Kier alpha value is -4.54. The number of carbonyl (C=O) groups excluding carboxylic acids is 1. The maximum atomic E-state index is 13.0. The minimum Gasteiger partial charge on any atom is -0.496 e. The maximum absolute atomic E-state index is 13.0. The summed E-state index contributed by atoms with van der Waals surface area (Å²) in [6.07, 6.45) is 2.88. The van der Waals surface area contributed by atoms with Gasteiger partial charge in [-0.1, -0.05) is 32.9 Å². The van der Waals surface area contributed by atoms with Crippen LogP contribution in [-0.2, 0) is 5.41 Å². The number of rotatable bonds is 6. The van der Waals surface area contributed by atoms with Gasteiger partial charge < -0.3 is 14.2 Å². The van der Waals surface area contributed by atoms with Gasteiger partial charge in [-0.15, -0.1) is 10.2 Å². The smallest absolute Gasteiger partial charge is 0.347 e. The lowest BCUT2D eigenvalue weighted by molar-refractivity contribution is 0.0726. The monoisotopic (exact) mass is 476 g/mol. The Bertz CT molecular complexity index is 1480. The number of hydrogen-bond acceptors (Lipinski definition) is 9. The fraction of sp³-hybridized carbons (Fsp3) is 0.250. The summed E-state index contributed by atoms with van der Waals surface area (Å²) in [5, 5.41) is 16.4. The van der Waals surface area contributed by atoms with Gasteiger partial charge in [-0.05, 0) is 35.9 Å². The van der Waals surface area contributed by atoms with Gasteiger partial charge in [0.2, 0.25) is 0 Å². The second kappa shape index (κ2) is 9.37. The molecule has 0 N–H and O–H groups in total. The van der Waals surface area contributed by atoms with Crippen LogP contribution in [0.3, 0.4) is 0 Å². The van der Waals surface area contributed by atoms with Crippen LogP contribution in [0.5, 0.6) is 17.2 Å². The number of esters is 1. The molecule has 0 aliphatic heterocycles. The highest BCUT2D eigenvalue weighted by Gasteiger charge is 2.24. The van der Waals surface area contributed by atoms with Crippen LogP contribution in [0.1, 0.15) is 42.4 Å². The number of benzene rings is 2. The number of para-hydroxylation sites is 1. The van der Waals surface area contributed by atoms with Gasteiger partial charge >= 0.3 is 5.97 Å². The lowest BCUT2D eigenvalue weighted by atomic mass is 9.93. The highest BCUT2D eigenvalue weighted by atomic mass is 16.6. The Kier molecular flexibility index (Phi) is 6.32. The lowest BCUT2D eigenvalue weighted by Gasteiger charge is -2.16. The SMILES string of the molecule is COc1cc(/C=N/n2c(=O)c(C(C)(C)C)nn3cnnc23)ccc1OC(=O)c1ccccc1OC. The molecule has 0 amide bonds. The van der Waals surface area contributed by atoms with Crippen LogP contribution in [0, 0.1) is 0 Å². The zero-order chi connectivity index (χ0) is 25.2. The summed E-state index contributed by atoms with van der Waals surface area (Å²) in [4.78, 5) is 25.7. The average molecular weight is 476 g/mol. The molecule has 0 unspecified atom stereocenters. The zero-order valence-corrected chi connectivity index (χ0v) is 19.9. The van der Waals surface area contributed by atoms with E-state index in [9.17, 15) is 9.59 Å². The molecule has 180 valence electrons. The molecule has 0 saturated carbocycles. The van der Waals surface area contributed by atoms with Gasteiger partial charge in [0.05, 0.1) is 20.4 Å². The van der Waals surface area contributed by atoms with Crippen LogP contribution < -0.4 is 19.8 Å². The fourth-order valence-electron chi connectivity index (χ4n) is 3.29. The first-order chi connectivity index (χ1) is 16.7. The van der Waals surface area contributed by atoms with E-state index in [0.717, 1.165) is 4.68 Å². The number of methoxy groups -OCH3 is 2. The van der Waals surface area contributed by atoms with Gasteiger partial charge in [-0.3, -0.25) is 4.79 Å². The molecule has 0 aliphatic carbocycles. The number of carbonyl (C=O) groups is 1. The van der Waals surface area contributed by atoms with Crippen molar-refractivity contribution in [1.29, 1.82) is 0 Å². The molecule has 2 aromatic carbocycles. The second-order valence-electron chi connectivity index (χ2n) is 8.54. The highest BCUT2D eigenvalue weighted by molar-refractivity contribution is 5.94. The van der Waals surface area contributed by atoms with Crippen molar-refractivity contribution < 1.29 is 19.0 Å². The van der Waals surface area contributed by atoms with E-state index in [1.54, 1.807) is 42.5 Å². The molecule has 0 radical (unpaired) electrons. The third kappa shape index (κ3) is 4.74. The van der Waals surface area contributed by atoms with Gasteiger partial charge in [-0.25, -0.2) is 4.79 Å². The predicted molar refractivity (Wildman–Crippen MR) is 128 cm³/mol. The van der Waals surface area contributed by atoms with Gasteiger partial charge in [0.15, 0.2) is 11.5 Å². The molecule has 0 atom stereocenters. The summed E-state index contributed by atoms with van der Waals surface area (Å²) >= 11 is 0. The number of ether oxygens (including phenoxy) is 3. The van der Waals surface area contributed by atoms with Crippen LogP contribution in [0.15, 0.2) is 58.7 Å². The lowest BCUT2D eigenvalue weighted by Crippen LogP contribution is -2.33. The van der Waals surface area contributed by atoms with E-state index >= 15 is 0 Å². The molecule has 0 spiro atoms. The van der Waals surface area contributed by atoms with Gasteiger partial charge in [0.25, 0.3) is 11.3 Å². The van der Waals surface area contributed by atoms with Crippen LogP contribution in [0.2, 0.25) is 0 Å². The van der Waals surface area contributed by atoms with E-state index in [0.29, 0.717) is 22.8 Å². The summed E-state index contributed by atoms with van der Waals surface area (Å²) in [6.45, 7) is 5.66. The summed E-state index contributed by atoms with van der Waals surface area (Å²) < 4.78 is 18.7. The molecular formula is C24H24N6O5. The van der Waals surface area contributed by atoms with E-state index < -0.39 is 16.9 Å². The normalized spacial score (nSPS) is 11.7. The van der Waals surface area contributed by atoms with E-state index in [2.05, 4.69) is 20.4 Å². The van der Waals surface area contributed by atoms with E-state index in [-0.39, 0.29) is 17.1 Å². The number of fused-ring (bicyclic) bond motifs is 1. The first-order valence-corrected chi connectivity index (χ1v) is 10.6. The molecule has 35 heavy (non-hydrogen) atoms. The van der Waals surface area contributed by atoms with E-state index in [4.69, 9.17) is 14.2 Å². The Labute approximate surface area is 200 Å². The molecule has 11 nitrogen and oxygen atoms in total.